The Kier molecular flexibility index (Phi) is 3.83. The maximum absolute atomic E-state index is 11.7. The predicted octanol–water partition coefficient (Wildman–Crippen LogP) is 0.319. The number of nitrogens with zero attached hydrogens (tertiary/aromatic N) is 1. The van der Waals surface area contributed by atoms with Crippen LogP contribution in [0.25, 0.3) is 0 Å². The fraction of sp³-hybridized carbons (Fsp3) is 1.00. The average molecular weight is 265 g/mol. The molecule has 1 saturated carbocycles. The zero-order valence-electron chi connectivity index (χ0n) is 9.50. The Morgan fingerprint density at radius 1 is 1.38 bits per heavy atom. The quantitative estimate of drug-likeness (QED) is 0.779. The summed E-state index contributed by atoms with van der Waals surface area (Å²) in [6, 6.07) is 0.0561. The molecule has 2 fully saturated rings. The van der Waals surface area contributed by atoms with E-state index < -0.39 is 15.2 Å². The summed E-state index contributed by atoms with van der Waals surface area (Å²) in [7, 11) is -3.04. The summed E-state index contributed by atoms with van der Waals surface area (Å²) in [6.45, 7) is 0.782. The second-order valence-electron chi connectivity index (χ2n) is 4.66. The summed E-state index contributed by atoms with van der Waals surface area (Å²) in [5, 5.41) is 9.48. The molecule has 2 rings (SSSR count). The van der Waals surface area contributed by atoms with Crippen LogP contribution in [0.3, 0.4) is 0 Å². The van der Waals surface area contributed by atoms with E-state index in [1.807, 2.05) is 4.90 Å². The van der Waals surface area contributed by atoms with Crippen molar-refractivity contribution in [2.75, 3.05) is 24.3 Å². The van der Waals surface area contributed by atoms with Crippen LogP contribution in [0.2, 0.25) is 0 Å². The molecule has 1 unspecified atom stereocenters. The molecule has 0 amide bonds. The first-order valence-corrected chi connectivity index (χ1v) is 8.81. The van der Waals surface area contributed by atoms with E-state index in [0.29, 0.717) is 5.75 Å². The first-order valence-electron chi connectivity index (χ1n) is 5.70. The Hall–Kier alpha value is 0.220. The summed E-state index contributed by atoms with van der Waals surface area (Å²) in [6.07, 6.45) is 3.71. The van der Waals surface area contributed by atoms with Gasteiger partial charge in [0.05, 0.1) is 6.10 Å². The highest BCUT2D eigenvalue weighted by Gasteiger charge is 2.39. The van der Waals surface area contributed by atoms with Gasteiger partial charge in [-0.25, -0.2) is 8.42 Å². The number of hydrogen-bond donors (Lipinski definition) is 1. The number of sulfone groups is 1. The Balaban J connectivity index is 2.16. The summed E-state index contributed by atoms with van der Waals surface area (Å²) >= 11 is 1.69. The lowest BCUT2D eigenvalue weighted by Crippen LogP contribution is -2.54. The lowest BCUT2D eigenvalue weighted by atomic mass is 10.2. The molecule has 1 aliphatic carbocycles. The van der Waals surface area contributed by atoms with Crippen LogP contribution >= 0.6 is 11.8 Å². The van der Waals surface area contributed by atoms with Crippen LogP contribution in [-0.4, -0.2) is 60.3 Å². The molecule has 0 spiro atoms. The van der Waals surface area contributed by atoms with E-state index >= 15 is 0 Å². The Bertz CT molecular complexity index is 344. The van der Waals surface area contributed by atoms with E-state index in [4.69, 9.17) is 0 Å². The lowest BCUT2D eigenvalue weighted by molar-refractivity contribution is 0.0684. The van der Waals surface area contributed by atoms with Crippen molar-refractivity contribution >= 4 is 21.6 Å². The van der Waals surface area contributed by atoms with E-state index in [1.165, 1.54) is 6.26 Å². The topological polar surface area (TPSA) is 57.6 Å². The lowest BCUT2D eigenvalue weighted by Gasteiger charge is -2.39. The van der Waals surface area contributed by atoms with Gasteiger partial charge >= 0.3 is 0 Å². The van der Waals surface area contributed by atoms with Gasteiger partial charge in [-0.2, -0.15) is 11.8 Å². The van der Waals surface area contributed by atoms with Gasteiger partial charge in [-0.05, 0) is 19.3 Å². The smallest absolute Gasteiger partial charge is 0.164 e. The van der Waals surface area contributed by atoms with E-state index in [0.717, 1.165) is 31.6 Å². The Labute approximate surface area is 101 Å². The van der Waals surface area contributed by atoms with Gasteiger partial charge in [0.1, 0.15) is 5.37 Å². The molecular weight excluding hydrogens is 246 g/mol. The van der Waals surface area contributed by atoms with Crippen LogP contribution in [0, 0.1) is 0 Å². The summed E-state index contributed by atoms with van der Waals surface area (Å²) < 4.78 is 23.4. The molecule has 0 aromatic rings. The highest BCUT2D eigenvalue weighted by molar-refractivity contribution is 8.00. The fourth-order valence-corrected chi connectivity index (χ4v) is 5.58. The van der Waals surface area contributed by atoms with Gasteiger partial charge in [0, 0.05) is 30.3 Å². The number of aliphatic hydroxyl groups is 1. The van der Waals surface area contributed by atoms with Crippen molar-refractivity contribution in [3.8, 4) is 0 Å². The minimum Gasteiger partial charge on any atom is -0.391 e. The molecular formula is C10H19NO3S2. The minimum absolute atomic E-state index is 0.0561. The van der Waals surface area contributed by atoms with Gasteiger partial charge in [0.25, 0.3) is 0 Å². The Morgan fingerprint density at radius 3 is 2.69 bits per heavy atom. The first-order chi connectivity index (χ1) is 7.50. The highest BCUT2D eigenvalue weighted by atomic mass is 32.2. The molecule has 4 nitrogen and oxygen atoms in total. The van der Waals surface area contributed by atoms with Crippen LogP contribution in [0.4, 0.5) is 0 Å². The van der Waals surface area contributed by atoms with Crippen molar-refractivity contribution in [3.63, 3.8) is 0 Å². The maximum atomic E-state index is 11.7. The van der Waals surface area contributed by atoms with Crippen molar-refractivity contribution < 1.29 is 13.5 Å². The summed E-state index contributed by atoms with van der Waals surface area (Å²) in [5.41, 5.74) is 0. The van der Waals surface area contributed by atoms with Gasteiger partial charge in [-0.1, -0.05) is 0 Å². The van der Waals surface area contributed by atoms with E-state index in [-0.39, 0.29) is 12.1 Å². The molecule has 1 saturated heterocycles. The molecule has 94 valence electrons. The average Bonchev–Trinajstić information content (AvgIpc) is 2.63. The molecule has 2 aliphatic rings. The first kappa shape index (κ1) is 12.7. The van der Waals surface area contributed by atoms with Crippen LogP contribution in [0.1, 0.15) is 19.3 Å². The molecule has 0 radical (unpaired) electrons. The van der Waals surface area contributed by atoms with E-state index in [9.17, 15) is 13.5 Å². The van der Waals surface area contributed by atoms with Crippen LogP contribution in [0.15, 0.2) is 0 Å². The molecule has 1 N–H and O–H groups in total. The highest BCUT2D eigenvalue weighted by Crippen LogP contribution is 2.30. The van der Waals surface area contributed by atoms with Crippen molar-refractivity contribution in [2.24, 2.45) is 0 Å². The monoisotopic (exact) mass is 265 g/mol. The zero-order valence-corrected chi connectivity index (χ0v) is 11.1. The number of rotatable bonds is 2. The molecule has 0 bridgehead atoms. The minimum atomic E-state index is -3.04. The normalized spacial score (nSPS) is 37.8. The molecule has 1 aliphatic heterocycles. The second kappa shape index (κ2) is 4.84. The largest absolute Gasteiger partial charge is 0.391 e. The summed E-state index contributed by atoms with van der Waals surface area (Å²) in [4.78, 5) is 2.02. The zero-order chi connectivity index (χ0) is 11.8. The van der Waals surface area contributed by atoms with Gasteiger partial charge in [-0.15, -0.1) is 0 Å². The molecule has 0 aromatic heterocycles. The fourth-order valence-electron chi connectivity index (χ4n) is 2.65. The number of hydrogen-bond acceptors (Lipinski definition) is 5. The molecule has 6 heteroatoms. The molecule has 3 atom stereocenters. The van der Waals surface area contributed by atoms with Crippen molar-refractivity contribution in [2.45, 2.75) is 36.8 Å². The van der Waals surface area contributed by atoms with Crippen molar-refractivity contribution in [1.29, 1.82) is 0 Å². The maximum Gasteiger partial charge on any atom is 0.164 e. The third kappa shape index (κ3) is 2.55. The molecule has 1 heterocycles. The van der Waals surface area contributed by atoms with Gasteiger partial charge < -0.3 is 5.11 Å². The number of thioether (sulfide) groups is 1. The predicted molar refractivity (Wildman–Crippen MR) is 66.3 cm³/mol. The summed E-state index contributed by atoms with van der Waals surface area (Å²) in [5.74, 6) is 1.61. The SMILES string of the molecule is CS(=O)(=O)C1CSCCN1[C@H]1CCC[C@@H]1O. The van der Waals surface area contributed by atoms with Crippen molar-refractivity contribution in [3.05, 3.63) is 0 Å². The third-order valence-electron chi connectivity index (χ3n) is 3.49. The van der Waals surface area contributed by atoms with Crippen LogP contribution in [0.5, 0.6) is 0 Å². The third-order valence-corrected chi connectivity index (χ3v) is 6.15. The molecule has 0 aromatic carbocycles. The van der Waals surface area contributed by atoms with Gasteiger partial charge in [-0.3, -0.25) is 4.90 Å². The standard InChI is InChI=1S/C10H19NO3S2/c1-16(13,14)10-7-15-6-5-11(10)8-3-2-4-9(8)12/h8-10,12H,2-7H2,1H3/t8-,9-,10?/m0/s1. The molecule has 16 heavy (non-hydrogen) atoms. The van der Waals surface area contributed by atoms with Crippen molar-refractivity contribution in [1.82, 2.24) is 4.90 Å². The van der Waals surface area contributed by atoms with Crippen LogP contribution < -0.4 is 0 Å². The van der Waals surface area contributed by atoms with Crippen LogP contribution in [-0.2, 0) is 9.84 Å². The Morgan fingerprint density at radius 2 is 2.12 bits per heavy atom. The number of aliphatic hydroxyl groups excluding tert-OH is 1. The van der Waals surface area contributed by atoms with E-state index in [1.54, 1.807) is 11.8 Å². The van der Waals surface area contributed by atoms with Gasteiger partial charge in [0.15, 0.2) is 9.84 Å². The van der Waals surface area contributed by atoms with Gasteiger partial charge in [0.2, 0.25) is 0 Å². The second-order valence-corrected chi connectivity index (χ2v) is 8.02. The van der Waals surface area contributed by atoms with E-state index in [2.05, 4.69) is 0 Å².